The van der Waals surface area contributed by atoms with Crippen molar-refractivity contribution in [3.8, 4) is 5.69 Å². The normalized spacial score (nSPS) is 14.2. The molecule has 1 aliphatic carbocycles. The van der Waals surface area contributed by atoms with E-state index in [1.165, 1.54) is 11.8 Å². The molecule has 0 unspecified atom stereocenters. The molecule has 0 radical (unpaired) electrons. The zero-order valence-electron chi connectivity index (χ0n) is 17.8. The number of amides is 1. The smallest absolute Gasteiger partial charge is 0.242 e. The summed E-state index contributed by atoms with van der Waals surface area (Å²) in [6, 6.07) is 27.8. The average molecular weight is 441 g/mol. The fourth-order valence-electron chi connectivity index (χ4n) is 3.63. The second kappa shape index (κ2) is 9.01. The van der Waals surface area contributed by atoms with Gasteiger partial charge in [0.15, 0.2) is 5.16 Å². The van der Waals surface area contributed by atoms with Crippen LogP contribution in [-0.4, -0.2) is 20.7 Å². The van der Waals surface area contributed by atoms with Gasteiger partial charge in [0.05, 0.1) is 0 Å². The van der Waals surface area contributed by atoms with Crippen molar-refractivity contribution in [2.45, 2.75) is 36.1 Å². The fourth-order valence-corrected chi connectivity index (χ4v) is 4.70. The van der Waals surface area contributed by atoms with E-state index in [9.17, 15) is 4.79 Å². The third kappa shape index (κ3) is 4.46. The van der Waals surface area contributed by atoms with E-state index in [1.807, 2.05) is 79.7 Å². The predicted octanol–water partition coefficient (Wildman–Crippen LogP) is 5.93. The standard InChI is InChI=1S/C26H24N4OS/c1-18-12-16-21(17-13-18)27-25(31)23(19-8-4-2-5-9-19)32-26-29-28-24(20-14-15-20)30(26)22-10-6-3-7-11-22/h2-13,16-17,20,23H,14-15H2,1H3,(H,27,31)/t23-/m1/s1. The van der Waals surface area contributed by atoms with Crippen LogP contribution < -0.4 is 5.32 Å². The molecule has 32 heavy (non-hydrogen) atoms. The maximum Gasteiger partial charge on any atom is 0.242 e. The number of carbonyl (C=O) groups excluding carboxylic acids is 1. The number of para-hydroxylation sites is 1. The summed E-state index contributed by atoms with van der Waals surface area (Å²) in [5.41, 5.74) is 3.89. The van der Waals surface area contributed by atoms with Crippen molar-refractivity contribution >= 4 is 23.4 Å². The van der Waals surface area contributed by atoms with Gasteiger partial charge in [0.1, 0.15) is 11.1 Å². The van der Waals surface area contributed by atoms with E-state index < -0.39 is 5.25 Å². The number of carbonyl (C=O) groups is 1. The SMILES string of the molecule is Cc1ccc(NC(=O)[C@H](Sc2nnc(C3CC3)n2-c2ccccc2)c2ccccc2)cc1. The number of anilines is 1. The third-order valence-electron chi connectivity index (χ3n) is 5.50. The highest BCUT2D eigenvalue weighted by Gasteiger charge is 2.33. The van der Waals surface area contributed by atoms with Crippen LogP contribution in [0.25, 0.3) is 5.69 Å². The van der Waals surface area contributed by atoms with E-state index in [0.29, 0.717) is 5.92 Å². The van der Waals surface area contributed by atoms with Crippen LogP contribution in [0.3, 0.4) is 0 Å². The molecule has 1 aliphatic rings. The number of thioether (sulfide) groups is 1. The molecule has 0 saturated heterocycles. The molecule has 1 saturated carbocycles. The number of aryl methyl sites for hydroxylation is 1. The van der Waals surface area contributed by atoms with Crippen molar-refractivity contribution in [1.82, 2.24) is 14.8 Å². The van der Waals surface area contributed by atoms with Gasteiger partial charge in [-0.15, -0.1) is 10.2 Å². The van der Waals surface area contributed by atoms with Gasteiger partial charge < -0.3 is 5.32 Å². The summed E-state index contributed by atoms with van der Waals surface area (Å²) in [6.07, 6.45) is 2.26. The molecule has 1 amide bonds. The summed E-state index contributed by atoms with van der Waals surface area (Å²) >= 11 is 1.44. The minimum absolute atomic E-state index is 0.0827. The molecule has 5 rings (SSSR count). The van der Waals surface area contributed by atoms with Gasteiger partial charge in [0.25, 0.3) is 0 Å². The van der Waals surface area contributed by atoms with Crippen molar-refractivity contribution in [1.29, 1.82) is 0 Å². The van der Waals surface area contributed by atoms with Gasteiger partial charge in [0.2, 0.25) is 5.91 Å². The van der Waals surface area contributed by atoms with E-state index in [1.54, 1.807) is 0 Å². The van der Waals surface area contributed by atoms with Gasteiger partial charge in [-0.1, -0.05) is 78.0 Å². The van der Waals surface area contributed by atoms with Crippen molar-refractivity contribution < 1.29 is 4.79 Å². The lowest BCUT2D eigenvalue weighted by Crippen LogP contribution is -2.19. The topological polar surface area (TPSA) is 59.8 Å². The van der Waals surface area contributed by atoms with Gasteiger partial charge in [-0.2, -0.15) is 0 Å². The van der Waals surface area contributed by atoms with Crippen LogP contribution in [0.5, 0.6) is 0 Å². The zero-order valence-corrected chi connectivity index (χ0v) is 18.6. The van der Waals surface area contributed by atoms with Crippen molar-refractivity contribution in [3.63, 3.8) is 0 Å². The molecule has 0 aliphatic heterocycles. The molecule has 3 aromatic carbocycles. The molecule has 0 bridgehead atoms. The van der Waals surface area contributed by atoms with E-state index in [4.69, 9.17) is 0 Å². The summed E-state index contributed by atoms with van der Waals surface area (Å²) < 4.78 is 2.11. The van der Waals surface area contributed by atoms with Gasteiger partial charge in [-0.3, -0.25) is 9.36 Å². The van der Waals surface area contributed by atoms with E-state index >= 15 is 0 Å². The van der Waals surface area contributed by atoms with Crippen molar-refractivity contribution in [3.05, 3.63) is 102 Å². The van der Waals surface area contributed by atoms with Crippen LogP contribution in [0.15, 0.2) is 90.1 Å². The third-order valence-corrected chi connectivity index (χ3v) is 6.70. The van der Waals surface area contributed by atoms with Crippen LogP contribution >= 0.6 is 11.8 Å². The second-order valence-electron chi connectivity index (χ2n) is 8.05. The number of nitrogens with one attached hydrogen (secondary N) is 1. The molecule has 1 N–H and O–H groups in total. The molecule has 160 valence electrons. The summed E-state index contributed by atoms with van der Waals surface area (Å²) in [5.74, 6) is 1.33. The molecule has 1 fully saturated rings. The number of hydrogen-bond donors (Lipinski definition) is 1. The second-order valence-corrected chi connectivity index (χ2v) is 9.12. The predicted molar refractivity (Wildman–Crippen MR) is 128 cm³/mol. The summed E-state index contributed by atoms with van der Waals surface area (Å²) in [6.45, 7) is 2.03. The van der Waals surface area contributed by atoms with Crippen LogP contribution in [-0.2, 0) is 4.79 Å². The highest BCUT2D eigenvalue weighted by molar-refractivity contribution is 8.00. The highest BCUT2D eigenvalue weighted by Crippen LogP contribution is 2.43. The lowest BCUT2D eigenvalue weighted by molar-refractivity contribution is -0.115. The molecule has 4 aromatic rings. The Hall–Kier alpha value is -3.38. The Labute approximate surface area is 191 Å². The summed E-state index contributed by atoms with van der Waals surface area (Å²) in [4.78, 5) is 13.4. The lowest BCUT2D eigenvalue weighted by atomic mass is 10.1. The fraction of sp³-hybridized carbons (Fsp3) is 0.192. The van der Waals surface area contributed by atoms with Gasteiger partial charge in [0, 0.05) is 17.3 Å². The van der Waals surface area contributed by atoms with Gasteiger partial charge in [-0.25, -0.2) is 0 Å². The van der Waals surface area contributed by atoms with E-state index in [-0.39, 0.29) is 5.91 Å². The number of nitrogens with zero attached hydrogens (tertiary/aromatic N) is 3. The van der Waals surface area contributed by atoms with Gasteiger partial charge >= 0.3 is 0 Å². The molecule has 1 aromatic heterocycles. The lowest BCUT2D eigenvalue weighted by Gasteiger charge is -2.18. The van der Waals surface area contributed by atoms with Crippen LogP contribution in [0.4, 0.5) is 5.69 Å². The van der Waals surface area contributed by atoms with Gasteiger partial charge in [-0.05, 0) is 49.6 Å². The summed E-state index contributed by atoms with van der Waals surface area (Å²) in [5, 5.41) is 12.4. The Morgan fingerprint density at radius 3 is 2.25 bits per heavy atom. The van der Waals surface area contributed by atoms with E-state index in [2.05, 4.69) is 32.2 Å². The van der Waals surface area contributed by atoms with Crippen LogP contribution in [0.2, 0.25) is 0 Å². The van der Waals surface area contributed by atoms with Crippen molar-refractivity contribution in [2.75, 3.05) is 5.32 Å². The first kappa shape index (κ1) is 20.5. The number of aromatic nitrogens is 3. The molecule has 0 spiro atoms. The molecular formula is C26H24N4OS. The molecule has 6 heteroatoms. The Morgan fingerprint density at radius 1 is 0.938 bits per heavy atom. The molecular weight excluding hydrogens is 416 g/mol. The molecule has 1 atom stereocenters. The monoisotopic (exact) mass is 440 g/mol. The first-order valence-electron chi connectivity index (χ1n) is 10.8. The summed E-state index contributed by atoms with van der Waals surface area (Å²) in [7, 11) is 0. The first-order chi connectivity index (χ1) is 15.7. The quantitative estimate of drug-likeness (QED) is 0.362. The van der Waals surface area contributed by atoms with E-state index in [0.717, 1.165) is 46.3 Å². The van der Waals surface area contributed by atoms with Crippen molar-refractivity contribution in [2.24, 2.45) is 0 Å². The minimum atomic E-state index is -0.462. The Bertz CT molecular complexity index is 1200. The van der Waals surface area contributed by atoms with Crippen LogP contribution in [0, 0.1) is 6.92 Å². The largest absolute Gasteiger partial charge is 0.325 e. The zero-order chi connectivity index (χ0) is 21.9. The number of rotatable bonds is 7. The average Bonchev–Trinajstić information content (AvgIpc) is 3.59. The highest BCUT2D eigenvalue weighted by atomic mass is 32.2. The minimum Gasteiger partial charge on any atom is -0.325 e. The maximum atomic E-state index is 13.4. The Kier molecular flexibility index (Phi) is 5.77. The molecule has 5 nitrogen and oxygen atoms in total. The van der Waals surface area contributed by atoms with Crippen LogP contribution in [0.1, 0.15) is 41.0 Å². The maximum absolute atomic E-state index is 13.4. The number of hydrogen-bond acceptors (Lipinski definition) is 4. The number of benzene rings is 3. The molecule has 1 heterocycles. The Morgan fingerprint density at radius 2 is 1.59 bits per heavy atom. The Balaban J connectivity index is 1.49. The first-order valence-corrected chi connectivity index (χ1v) is 11.7.